The molecule has 6 rings (SSSR count). The van der Waals surface area contributed by atoms with Gasteiger partial charge in [-0.15, -0.1) is 0 Å². The fraction of sp³-hybridized carbons (Fsp3) is 0.278. The van der Waals surface area contributed by atoms with Gasteiger partial charge in [-0.25, -0.2) is 4.39 Å². The lowest BCUT2D eigenvalue weighted by atomic mass is 9.96. The smallest absolute Gasteiger partial charge is 0.125 e. The molecule has 0 atom stereocenters. The van der Waals surface area contributed by atoms with Gasteiger partial charge in [0.1, 0.15) is 11.5 Å². The Morgan fingerprint density at radius 3 is 2.70 bits per heavy atom. The number of aryl methyl sites for hydroxylation is 1. The number of hydrogen-bond donors (Lipinski definition) is 3. The number of nitrogens with one attached hydrogen (secondary N) is 3. The van der Waals surface area contributed by atoms with Crippen molar-refractivity contribution in [2.75, 3.05) is 45.6 Å². The van der Waals surface area contributed by atoms with Crippen LogP contribution in [0.4, 0.5) is 10.1 Å². The number of pyridine rings is 1. The minimum atomic E-state index is -0.289. The van der Waals surface area contributed by atoms with Crippen LogP contribution in [0.15, 0.2) is 79.7 Å². The number of aromatic amines is 2. The summed E-state index contributed by atoms with van der Waals surface area (Å²) < 4.78 is 14.8. The summed E-state index contributed by atoms with van der Waals surface area (Å²) in [5.41, 5.74) is 10.4. The molecule has 2 aromatic carbocycles. The molecule has 0 unspecified atom stereocenters. The highest BCUT2D eigenvalue weighted by atomic mass is 19.1. The van der Waals surface area contributed by atoms with Gasteiger partial charge < -0.3 is 15.2 Å². The van der Waals surface area contributed by atoms with E-state index in [1.54, 1.807) is 12.1 Å². The highest BCUT2D eigenvalue weighted by molar-refractivity contribution is 5.96. The molecule has 0 spiro atoms. The van der Waals surface area contributed by atoms with E-state index in [0.29, 0.717) is 0 Å². The summed E-state index contributed by atoms with van der Waals surface area (Å²) >= 11 is 0. The Morgan fingerprint density at radius 1 is 1.07 bits per heavy atom. The van der Waals surface area contributed by atoms with E-state index in [4.69, 9.17) is 5.10 Å². The van der Waals surface area contributed by atoms with Gasteiger partial charge in [0.25, 0.3) is 0 Å². The van der Waals surface area contributed by atoms with Crippen LogP contribution in [0.1, 0.15) is 35.2 Å². The summed E-state index contributed by atoms with van der Waals surface area (Å²) in [5, 5.41) is 12.3. The molecular weight excluding hydrogens is 549 g/mol. The van der Waals surface area contributed by atoms with Crippen LogP contribution in [0.5, 0.6) is 0 Å². The summed E-state index contributed by atoms with van der Waals surface area (Å²) in [6, 6.07) is 15.8. The van der Waals surface area contributed by atoms with Gasteiger partial charge >= 0.3 is 0 Å². The Bertz CT molecular complexity index is 1810. The number of benzene rings is 2. The van der Waals surface area contributed by atoms with Crippen molar-refractivity contribution in [3.05, 3.63) is 108 Å². The summed E-state index contributed by atoms with van der Waals surface area (Å²) in [5.74, 6) is -0.289. The van der Waals surface area contributed by atoms with Crippen LogP contribution in [0, 0.1) is 12.7 Å². The van der Waals surface area contributed by atoms with Gasteiger partial charge in [-0.05, 0) is 112 Å². The van der Waals surface area contributed by atoms with Crippen molar-refractivity contribution >= 4 is 22.2 Å². The van der Waals surface area contributed by atoms with Gasteiger partial charge in [0.15, 0.2) is 0 Å². The van der Waals surface area contributed by atoms with E-state index in [0.717, 1.165) is 94.2 Å². The Morgan fingerprint density at radius 2 is 1.91 bits per heavy atom. The van der Waals surface area contributed by atoms with Crippen molar-refractivity contribution in [2.24, 2.45) is 0 Å². The number of nitrogens with zero attached hydrogens (tertiary/aromatic N) is 4. The van der Waals surface area contributed by atoms with Crippen molar-refractivity contribution in [1.29, 1.82) is 0 Å². The first-order valence-corrected chi connectivity index (χ1v) is 15.3. The van der Waals surface area contributed by atoms with Gasteiger partial charge in [0.2, 0.25) is 0 Å². The molecule has 4 heterocycles. The zero-order chi connectivity index (χ0) is 30.6. The molecule has 44 heavy (non-hydrogen) atoms. The molecule has 3 N–H and O–H groups in total. The van der Waals surface area contributed by atoms with E-state index in [-0.39, 0.29) is 5.82 Å². The normalized spacial score (nSPS) is 14.2. The fourth-order valence-electron chi connectivity index (χ4n) is 6.03. The zero-order valence-corrected chi connectivity index (χ0v) is 25.8. The van der Waals surface area contributed by atoms with Crippen LogP contribution >= 0.6 is 0 Å². The molecule has 0 aliphatic carbocycles. The van der Waals surface area contributed by atoms with Gasteiger partial charge in [-0.2, -0.15) is 5.10 Å². The van der Waals surface area contributed by atoms with Gasteiger partial charge in [-0.1, -0.05) is 24.8 Å². The Balaban J connectivity index is 1.32. The number of allylic oxidation sites excluding steroid dienone is 2. The second-order valence-electron chi connectivity index (χ2n) is 11.9. The third kappa shape index (κ3) is 6.51. The van der Waals surface area contributed by atoms with Crippen molar-refractivity contribution in [1.82, 2.24) is 30.0 Å². The van der Waals surface area contributed by atoms with Crippen LogP contribution in [0.2, 0.25) is 0 Å². The number of likely N-dealkylation sites (N-methyl/N-ethyl adjacent to an activating group) is 1. The lowest BCUT2D eigenvalue weighted by molar-refractivity contribution is 0.331. The zero-order valence-electron chi connectivity index (χ0n) is 25.8. The molecule has 1 aliphatic heterocycles. The van der Waals surface area contributed by atoms with Crippen molar-refractivity contribution in [2.45, 2.75) is 26.3 Å². The standard InChI is InChI=1S/C36H40FN7/c1-5-8-31(27-16-29(37)19-30(17-27)39-11-14-43(3)4)32-20-35(40-24(32)2)36-33-18-26(9-10-34(33)41-42-36)28-15-25(21-38-22-28)23-44-12-6-7-13-44/h5,8-10,15-22,39-40H,1,6-7,11-14,23H2,2-4H3,(H,41,42)/b31-8-. The number of anilines is 1. The third-order valence-corrected chi connectivity index (χ3v) is 8.24. The Kier molecular flexibility index (Phi) is 8.72. The maximum atomic E-state index is 14.8. The predicted octanol–water partition coefficient (Wildman–Crippen LogP) is 7.25. The molecule has 0 amide bonds. The summed E-state index contributed by atoms with van der Waals surface area (Å²) in [6.07, 6.45) is 10.1. The number of hydrogen-bond acceptors (Lipinski definition) is 5. The highest BCUT2D eigenvalue weighted by Crippen LogP contribution is 2.35. The minimum absolute atomic E-state index is 0.289. The molecule has 3 aromatic heterocycles. The molecule has 8 heteroatoms. The lowest BCUT2D eigenvalue weighted by Crippen LogP contribution is -2.20. The lowest BCUT2D eigenvalue weighted by Gasteiger charge is -2.14. The van der Waals surface area contributed by atoms with E-state index >= 15 is 0 Å². The average Bonchev–Trinajstić information content (AvgIpc) is 3.75. The highest BCUT2D eigenvalue weighted by Gasteiger charge is 2.18. The second kappa shape index (κ2) is 13.0. The van der Waals surface area contributed by atoms with Crippen LogP contribution < -0.4 is 5.32 Å². The number of rotatable bonds is 11. The third-order valence-electron chi connectivity index (χ3n) is 8.24. The van der Waals surface area contributed by atoms with Gasteiger partial charge in [-0.3, -0.25) is 15.0 Å². The first-order valence-electron chi connectivity index (χ1n) is 15.3. The maximum Gasteiger partial charge on any atom is 0.125 e. The van der Waals surface area contributed by atoms with Crippen molar-refractivity contribution in [3.63, 3.8) is 0 Å². The molecular formula is C36H40FN7. The van der Waals surface area contributed by atoms with E-state index in [1.165, 1.54) is 24.5 Å². The molecule has 5 aromatic rings. The molecule has 7 nitrogen and oxygen atoms in total. The molecule has 1 fully saturated rings. The van der Waals surface area contributed by atoms with Crippen molar-refractivity contribution < 1.29 is 4.39 Å². The summed E-state index contributed by atoms with van der Waals surface area (Å²) in [6.45, 7) is 10.8. The number of H-pyrrole nitrogens is 2. The first kappa shape index (κ1) is 29.5. The minimum Gasteiger partial charge on any atom is -0.384 e. The summed E-state index contributed by atoms with van der Waals surface area (Å²) in [7, 11) is 4.04. The molecule has 0 bridgehead atoms. The molecule has 0 saturated carbocycles. The largest absolute Gasteiger partial charge is 0.384 e. The van der Waals surface area contributed by atoms with E-state index in [1.807, 2.05) is 45.6 Å². The first-order chi connectivity index (χ1) is 21.4. The number of aromatic nitrogens is 4. The molecule has 226 valence electrons. The summed E-state index contributed by atoms with van der Waals surface area (Å²) in [4.78, 5) is 12.7. The number of halogens is 1. The molecule has 1 saturated heterocycles. The average molecular weight is 590 g/mol. The van der Waals surface area contributed by atoms with Gasteiger partial charge in [0.05, 0.1) is 11.2 Å². The second-order valence-corrected chi connectivity index (χ2v) is 11.9. The molecule has 1 aliphatic rings. The van der Waals surface area contributed by atoms with Crippen LogP contribution in [0.3, 0.4) is 0 Å². The van der Waals surface area contributed by atoms with Crippen LogP contribution in [-0.4, -0.2) is 70.2 Å². The van der Waals surface area contributed by atoms with E-state index < -0.39 is 0 Å². The fourth-order valence-corrected chi connectivity index (χ4v) is 6.03. The molecule has 0 radical (unpaired) electrons. The van der Waals surface area contributed by atoms with E-state index in [2.05, 4.69) is 67.1 Å². The van der Waals surface area contributed by atoms with Crippen molar-refractivity contribution in [3.8, 4) is 22.5 Å². The van der Waals surface area contributed by atoms with Crippen LogP contribution in [0.25, 0.3) is 39.0 Å². The topological polar surface area (TPSA) is 75.9 Å². The maximum absolute atomic E-state index is 14.8. The Labute approximate surface area is 258 Å². The number of likely N-dealkylation sites (tertiary alicyclic amines) is 1. The Hall–Kier alpha value is -4.53. The van der Waals surface area contributed by atoms with Crippen LogP contribution in [-0.2, 0) is 6.54 Å². The SMILES string of the molecule is C=C/C=C(/c1cc(F)cc(NCCN(C)C)c1)c1cc(-c2n[nH]c3ccc(-c4cncc(CN5CCCC5)c4)cc23)[nH]c1C. The quantitative estimate of drug-likeness (QED) is 0.142. The van der Waals surface area contributed by atoms with Gasteiger partial charge in [0, 0.05) is 59.9 Å². The number of fused-ring (bicyclic) bond motifs is 1. The van der Waals surface area contributed by atoms with E-state index in [9.17, 15) is 4.39 Å². The predicted molar refractivity (Wildman–Crippen MR) is 179 cm³/mol. The monoisotopic (exact) mass is 589 g/mol.